The van der Waals surface area contributed by atoms with Crippen molar-refractivity contribution < 1.29 is 0 Å². The van der Waals surface area contributed by atoms with Crippen molar-refractivity contribution in [2.24, 2.45) is 5.92 Å². The maximum absolute atomic E-state index is 4.34. The number of aryl methyl sites for hydroxylation is 1. The summed E-state index contributed by atoms with van der Waals surface area (Å²) in [6.07, 6.45) is 2.09. The molecule has 0 bridgehead atoms. The number of rotatable bonds is 5. The van der Waals surface area contributed by atoms with Gasteiger partial charge in [-0.2, -0.15) is 5.10 Å². The van der Waals surface area contributed by atoms with E-state index in [0.717, 1.165) is 19.4 Å². The molecule has 80 valence electrons. The van der Waals surface area contributed by atoms with Crippen molar-refractivity contribution in [1.29, 1.82) is 0 Å². The molecule has 0 unspecified atom stereocenters. The molecular formula is C11H21N3. The van der Waals surface area contributed by atoms with Crippen molar-refractivity contribution in [2.45, 2.75) is 40.2 Å². The van der Waals surface area contributed by atoms with Crippen molar-refractivity contribution in [3.8, 4) is 0 Å². The summed E-state index contributed by atoms with van der Waals surface area (Å²) in [6.45, 7) is 7.53. The van der Waals surface area contributed by atoms with Crippen molar-refractivity contribution in [3.05, 3.63) is 17.0 Å². The molecule has 0 saturated carbocycles. The Balaban J connectivity index is 2.86. The fourth-order valence-corrected chi connectivity index (χ4v) is 1.70. The predicted octanol–water partition coefficient (Wildman–Crippen LogP) is 1.89. The van der Waals surface area contributed by atoms with Gasteiger partial charge in [0.2, 0.25) is 0 Å². The van der Waals surface area contributed by atoms with E-state index in [9.17, 15) is 0 Å². The molecule has 0 saturated heterocycles. The van der Waals surface area contributed by atoms with Gasteiger partial charge in [-0.25, -0.2) is 0 Å². The fourth-order valence-electron chi connectivity index (χ4n) is 1.70. The predicted molar refractivity (Wildman–Crippen MR) is 59.3 cm³/mol. The Hall–Kier alpha value is -0.830. The third-order valence-electron chi connectivity index (χ3n) is 2.34. The quantitative estimate of drug-likeness (QED) is 0.753. The van der Waals surface area contributed by atoms with Crippen molar-refractivity contribution in [2.75, 3.05) is 7.05 Å². The molecular weight excluding hydrogens is 174 g/mol. The summed E-state index contributed by atoms with van der Waals surface area (Å²) in [6, 6.07) is 0. The van der Waals surface area contributed by atoms with Crippen LogP contribution in [0.1, 0.15) is 37.7 Å². The zero-order chi connectivity index (χ0) is 10.6. The molecule has 1 aromatic heterocycles. The molecule has 1 rings (SSSR count). The Morgan fingerprint density at radius 1 is 1.43 bits per heavy atom. The van der Waals surface area contributed by atoms with E-state index in [1.807, 2.05) is 7.05 Å². The minimum absolute atomic E-state index is 0.677. The number of hydrogen-bond acceptors (Lipinski definition) is 2. The molecule has 2 N–H and O–H groups in total. The van der Waals surface area contributed by atoms with E-state index in [-0.39, 0.29) is 0 Å². The van der Waals surface area contributed by atoms with Crippen molar-refractivity contribution in [1.82, 2.24) is 15.5 Å². The first-order chi connectivity index (χ1) is 6.69. The second kappa shape index (κ2) is 5.15. The van der Waals surface area contributed by atoms with Gasteiger partial charge in [0.05, 0.1) is 5.69 Å². The van der Waals surface area contributed by atoms with Gasteiger partial charge in [-0.1, -0.05) is 20.8 Å². The van der Waals surface area contributed by atoms with Crippen LogP contribution in [0.5, 0.6) is 0 Å². The topological polar surface area (TPSA) is 40.7 Å². The van der Waals surface area contributed by atoms with Crippen LogP contribution in [-0.2, 0) is 19.4 Å². The van der Waals surface area contributed by atoms with E-state index in [0.29, 0.717) is 5.92 Å². The Labute approximate surface area is 86.3 Å². The number of nitrogens with one attached hydrogen (secondary N) is 2. The minimum Gasteiger partial charge on any atom is -0.316 e. The zero-order valence-electron chi connectivity index (χ0n) is 9.65. The lowest BCUT2D eigenvalue weighted by Crippen LogP contribution is -2.09. The molecule has 0 atom stereocenters. The van der Waals surface area contributed by atoms with E-state index >= 15 is 0 Å². The first kappa shape index (κ1) is 11.2. The fraction of sp³-hybridized carbons (Fsp3) is 0.727. The molecule has 0 radical (unpaired) electrons. The standard InChI is InChI=1S/C11H21N3/c1-5-10-9(7-12-4)11(14-13-10)6-8(2)3/h8,12H,5-7H2,1-4H3,(H,13,14). The van der Waals surface area contributed by atoms with Gasteiger partial charge >= 0.3 is 0 Å². The lowest BCUT2D eigenvalue weighted by Gasteiger charge is -2.06. The summed E-state index contributed by atoms with van der Waals surface area (Å²) in [7, 11) is 1.98. The van der Waals surface area contributed by atoms with E-state index in [1.54, 1.807) is 0 Å². The lowest BCUT2D eigenvalue weighted by atomic mass is 10.0. The molecule has 1 aromatic rings. The van der Waals surface area contributed by atoms with E-state index in [4.69, 9.17) is 0 Å². The molecule has 0 aliphatic carbocycles. The molecule has 0 amide bonds. The highest BCUT2D eigenvalue weighted by atomic mass is 15.1. The highest BCUT2D eigenvalue weighted by molar-refractivity contribution is 5.25. The number of aromatic nitrogens is 2. The lowest BCUT2D eigenvalue weighted by molar-refractivity contribution is 0.626. The molecule has 3 nitrogen and oxygen atoms in total. The average Bonchev–Trinajstić information content (AvgIpc) is 2.48. The zero-order valence-corrected chi connectivity index (χ0v) is 9.65. The Morgan fingerprint density at radius 3 is 2.64 bits per heavy atom. The van der Waals surface area contributed by atoms with Gasteiger partial charge in [0.1, 0.15) is 0 Å². The maximum Gasteiger partial charge on any atom is 0.0667 e. The summed E-state index contributed by atoms with van der Waals surface area (Å²) in [4.78, 5) is 0. The Bertz CT molecular complexity index is 276. The van der Waals surface area contributed by atoms with Crippen LogP contribution in [0.2, 0.25) is 0 Å². The molecule has 0 fully saturated rings. The molecule has 0 spiro atoms. The molecule has 14 heavy (non-hydrogen) atoms. The van der Waals surface area contributed by atoms with Gasteiger partial charge in [-0.05, 0) is 25.8 Å². The SMILES string of the molecule is CCc1n[nH]c(CC(C)C)c1CNC. The second-order valence-corrected chi connectivity index (χ2v) is 4.11. The van der Waals surface area contributed by atoms with Crippen LogP contribution in [0.4, 0.5) is 0 Å². The van der Waals surface area contributed by atoms with Gasteiger partial charge in [0.25, 0.3) is 0 Å². The first-order valence-corrected chi connectivity index (χ1v) is 5.38. The third kappa shape index (κ3) is 2.58. The second-order valence-electron chi connectivity index (χ2n) is 4.11. The Morgan fingerprint density at radius 2 is 2.14 bits per heavy atom. The van der Waals surface area contributed by atoms with Crippen LogP contribution in [0, 0.1) is 5.92 Å². The van der Waals surface area contributed by atoms with Gasteiger partial charge in [0, 0.05) is 17.8 Å². The van der Waals surface area contributed by atoms with Gasteiger partial charge in [-0.3, -0.25) is 5.10 Å². The molecule has 0 aliphatic rings. The number of aromatic amines is 1. The summed E-state index contributed by atoms with van der Waals surface area (Å²) < 4.78 is 0. The van der Waals surface area contributed by atoms with E-state index < -0.39 is 0 Å². The minimum atomic E-state index is 0.677. The normalized spacial score (nSPS) is 11.2. The first-order valence-electron chi connectivity index (χ1n) is 5.38. The van der Waals surface area contributed by atoms with Crippen LogP contribution >= 0.6 is 0 Å². The molecule has 1 heterocycles. The largest absolute Gasteiger partial charge is 0.316 e. The Kier molecular flexibility index (Phi) is 4.14. The van der Waals surface area contributed by atoms with Crippen LogP contribution < -0.4 is 5.32 Å². The van der Waals surface area contributed by atoms with Gasteiger partial charge in [0.15, 0.2) is 0 Å². The molecule has 0 aromatic carbocycles. The summed E-state index contributed by atoms with van der Waals surface area (Å²) >= 11 is 0. The summed E-state index contributed by atoms with van der Waals surface area (Å²) in [5, 5.41) is 10.7. The highest BCUT2D eigenvalue weighted by Crippen LogP contribution is 2.15. The van der Waals surface area contributed by atoms with E-state index in [1.165, 1.54) is 17.0 Å². The van der Waals surface area contributed by atoms with Gasteiger partial charge < -0.3 is 5.32 Å². The monoisotopic (exact) mass is 195 g/mol. The van der Waals surface area contributed by atoms with Crippen molar-refractivity contribution in [3.63, 3.8) is 0 Å². The molecule has 3 heteroatoms. The van der Waals surface area contributed by atoms with Crippen LogP contribution in [0.25, 0.3) is 0 Å². The molecule has 0 aliphatic heterocycles. The van der Waals surface area contributed by atoms with Gasteiger partial charge in [-0.15, -0.1) is 0 Å². The average molecular weight is 195 g/mol. The maximum atomic E-state index is 4.34. The van der Waals surface area contributed by atoms with Crippen LogP contribution in [0.3, 0.4) is 0 Å². The number of hydrogen-bond donors (Lipinski definition) is 2. The highest BCUT2D eigenvalue weighted by Gasteiger charge is 2.11. The number of H-pyrrole nitrogens is 1. The smallest absolute Gasteiger partial charge is 0.0667 e. The van der Waals surface area contributed by atoms with E-state index in [2.05, 4.69) is 36.3 Å². The third-order valence-corrected chi connectivity index (χ3v) is 2.34. The van der Waals surface area contributed by atoms with Crippen molar-refractivity contribution >= 4 is 0 Å². The number of nitrogens with zero attached hydrogens (tertiary/aromatic N) is 1. The van der Waals surface area contributed by atoms with Crippen LogP contribution in [0.15, 0.2) is 0 Å². The van der Waals surface area contributed by atoms with Crippen LogP contribution in [-0.4, -0.2) is 17.2 Å². The summed E-state index contributed by atoms with van der Waals surface area (Å²) in [5.74, 6) is 0.677. The summed E-state index contributed by atoms with van der Waals surface area (Å²) in [5.41, 5.74) is 3.87.